The molecule has 16 heavy (non-hydrogen) atoms. The summed E-state index contributed by atoms with van der Waals surface area (Å²) in [6.45, 7) is 6.98. The zero-order chi connectivity index (χ0) is 12.2. The maximum absolute atomic E-state index is 8.91. The number of aliphatic hydroxyl groups excluding tert-OH is 1. The van der Waals surface area contributed by atoms with Crippen LogP contribution in [0.3, 0.4) is 0 Å². The number of aryl methyl sites for hydroxylation is 1. The molecule has 1 aromatic heterocycles. The standard InChI is InChI=1S/C11H18ClN3O/c1-8-6-9(15-10(12)14-8)13-7-11(2,3)4-5-16/h6,16H,4-5,7H2,1-3H3,(H,13,14,15). The number of anilines is 1. The van der Waals surface area contributed by atoms with Crippen LogP contribution in [0.2, 0.25) is 5.28 Å². The lowest BCUT2D eigenvalue weighted by Crippen LogP contribution is -2.24. The average Bonchev–Trinajstić information content (AvgIpc) is 2.13. The van der Waals surface area contributed by atoms with Crippen molar-refractivity contribution in [3.8, 4) is 0 Å². The molecule has 0 fully saturated rings. The van der Waals surface area contributed by atoms with Crippen LogP contribution in [0.1, 0.15) is 26.0 Å². The fraction of sp³-hybridized carbons (Fsp3) is 0.636. The van der Waals surface area contributed by atoms with Crippen molar-refractivity contribution in [3.63, 3.8) is 0 Å². The van der Waals surface area contributed by atoms with Gasteiger partial charge in [0.05, 0.1) is 0 Å². The second-order valence-corrected chi connectivity index (χ2v) is 4.99. The zero-order valence-electron chi connectivity index (χ0n) is 9.92. The van der Waals surface area contributed by atoms with E-state index in [2.05, 4.69) is 29.1 Å². The minimum Gasteiger partial charge on any atom is -0.396 e. The molecule has 0 bridgehead atoms. The number of aliphatic hydroxyl groups is 1. The van der Waals surface area contributed by atoms with E-state index in [9.17, 15) is 0 Å². The smallest absolute Gasteiger partial charge is 0.224 e. The predicted octanol–water partition coefficient (Wildman–Crippen LogP) is 2.26. The van der Waals surface area contributed by atoms with Gasteiger partial charge in [0.1, 0.15) is 5.82 Å². The van der Waals surface area contributed by atoms with E-state index in [1.165, 1.54) is 0 Å². The Morgan fingerprint density at radius 2 is 2.12 bits per heavy atom. The Bertz CT molecular complexity index is 335. The molecule has 5 heteroatoms. The number of rotatable bonds is 5. The molecule has 0 aromatic carbocycles. The monoisotopic (exact) mass is 243 g/mol. The van der Waals surface area contributed by atoms with Crippen molar-refractivity contribution in [3.05, 3.63) is 17.0 Å². The molecule has 0 amide bonds. The van der Waals surface area contributed by atoms with Gasteiger partial charge < -0.3 is 10.4 Å². The lowest BCUT2D eigenvalue weighted by molar-refractivity contribution is 0.220. The number of nitrogens with one attached hydrogen (secondary N) is 1. The largest absolute Gasteiger partial charge is 0.396 e. The lowest BCUT2D eigenvalue weighted by atomic mass is 9.90. The van der Waals surface area contributed by atoms with Crippen molar-refractivity contribution in [1.29, 1.82) is 0 Å². The van der Waals surface area contributed by atoms with Crippen LogP contribution in [0.5, 0.6) is 0 Å². The highest BCUT2D eigenvalue weighted by atomic mass is 35.5. The molecule has 0 aliphatic heterocycles. The van der Waals surface area contributed by atoms with E-state index in [1.54, 1.807) is 0 Å². The number of hydrogen-bond donors (Lipinski definition) is 2. The van der Waals surface area contributed by atoms with E-state index >= 15 is 0 Å². The van der Waals surface area contributed by atoms with Gasteiger partial charge in [-0.25, -0.2) is 9.97 Å². The number of aromatic nitrogens is 2. The summed E-state index contributed by atoms with van der Waals surface area (Å²) in [7, 11) is 0. The van der Waals surface area contributed by atoms with Crippen molar-refractivity contribution in [1.82, 2.24) is 9.97 Å². The van der Waals surface area contributed by atoms with Gasteiger partial charge in [-0.1, -0.05) is 13.8 Å². The van der Waals surface area contributed by atoms with Crippen molar-refractivity contribution < 1.29 is 5.11 Å². The molecule has 0 unspecified atom stereocenters. The fourth-order valence-electron chi connectivity index (χ4n) is 1.34. The normalized spacial score (nSPS) is 11.6. The average molecular weight is 244 g/mol. The van der Waals surface area contributed by atoms with Crippen LogP contribution in [0, 0.1) is 12.3 Å². The van der Waals surface area contributed by atoms with Gasteiger partial charge in [-0.2, -0.15) is 0 Å². The number of nitrogens with zero attached hydrogens (tertiary/aromatic N) is 2. The summed E-state index contributed by atoms with van der Waals surface area (Å²) in [6, 6.07) is 1.85. The van der Waals surface area contributed by atoms with Crippen molar-refractivity contribution in [2.45, 2.75) is 27.2 Å². The summed E-state index contributed by atoms with van der Waals surface area (Å²) in [4.78, 5) is 8.07. The summed E-state index contributed by atoms with van der Waals surface area (Å²) in [5.74, 6) is 0.725. The van der Waals surface area contributed by atoms with Gasteiger partial charge in [0.2, 0.25) is 5.28 Å². The Balaban J connectivity index is 2.60. The quantitative estimate of drug-likeness (QED) is 0.779. The summed E-state index contributed by atoms with van der Waals surface area (Å²) < 4.78 is 0. The van der Waals surface area contributed by atoms with Gasteiger partial charge in [0, 0.05) is 24.9 Å². The Labute approximate surface area is 101 Å². The van der Waals surface area contributed by atoms with Gasteiger partial charge in [-0.05, 0) is 30.4 Å². The van der Waals surface area contributed by atoms with E-state index in [0.717, 1.165) is 24.5 Å². The van der Waals surface area contributed by atoms with Crippen LogP contribution in [-0.4, -0.2) is 28.2 Å². The van der Waals surface area contributed by atoms with Crippen LogP contribution in [0.25, 0.3) is 0 Å². The molecule has 0 radical (unpaired) electrons. The Hall–Kier alpha value is -0.870. The molecule has 1 aromatic rings. The van der Waals surface area contributed by atoms with Crippen LogP contribution in [0.4, 0.5) is 5.82 Å². The first-order chi connectivity index (χ1) is 7.43. The van der Waals surface area contributed by atoms with Crippen molar-refractivity contribution >= 4 is 17.4 Å². The predicted molar refractivity (Wildman–Crippen MR) is 65.8 cm³/mol. The molecular formula is C11H18ClN3O. The van der Waals surface area contributed by atoms with E-state index in [-0.39, 0.29) is 17.3 Å². The molecule has 90 valence electrons. The lowest BCUT2D eigenvalue weighted by Gasteiger charge is -2.24. The van der Waals surface area contributed by atoms with E-state index < -0.39 is 0 Å². The van der Waals surface area contributed by atoms with Gasteiger partial charge in [0.25, 0.3) is 0 Å². The Morgan fingerprint density at radius 1 is 1.44 bits per heavy atom. The Kier molecular flexibility index (Phi) is 4.50. The first-order valence-corrected chi connectivity index (χ1v) is 5.67. The molecule has 0 aliphatic rings. The molecule has 1 rings (SSSR count). The molecule has 0 spiro atoms. The number of hydrogen-bond acceptors (Lipinski definition) is 4. The summed E-state index contributed by atoms with van der Waals surface area (Å²) >= 11 is 5.76. The molecule has 0 atom stereocenters. The Morgan fingerprint density at radius 3 is 2.69 bits per heavy atom. The molecule has 4 nitrogen and oxygen atoms in total. The molecule has 1 heterocycles. The van der Waals surface area contributed by atoms with E-state index in [4.69, 9.17) is 16.7 Å². The van der Waals surface area contributed by atoms with Crippen LogP contribution >= 0.6 is 11.6 Å². The molecular weight excluding hydrogens is 226 g/mol. The summed E-state index contributed by atoms with van der Waals surface area (Å²) in [5.41, 5.74) is 0.863. The number of halogens is 1. The second kappa shape index (κ2) is 5.46. The molecule has 0 saturated heterocycles. The maximum Gasteiger partial charge on any atom is 0.224 e. The highest BCUT2D eigenvalue weighted by molar-refractivity contribution is 6.28. The SMILES string of the molecule is Cc1cc(NCC(C)(C)CCO)nc(Cl)n1. The summed E-state index contributed by atoms with van der Waals surface area (Å²) in [5, 5.41) is 12.4. The van der Waals surface area contributed by atoms with Gasteiger partial charge in [0.15, 0.2) is 0 Å². The highest BCUT2D eigenvalue weighted by Gasteiger charge is 2.17. The van der Waals surface area contributed by atoms with Crippen LogP contribution in [-0.2, 0) is 0 Å². The van der Waals surface area contributed by atoms with Crippen LogP contribution in [0.15, 0.2) is 6.07 Å². The molecule has 2 N–H and O–H groups in total. The zero-order valence-corrected chi connectivity index (χ0v) is 10.7. The first kappa shape index (κ1) is 13.2. The van der Waals surface area contributed by atoms with E-state index in [1.807, 2.05) is 13.0 Å². The summed E-state index contributed by atoms with van der Waals surface area (Å²) in [6.07, 6.45) is 0.748. The highest BCUT2D eigenvalue weighted by Crippen LogP contribution is 2.20. The van der Waals surface area contributed by atoms with Crippen LogP contribution < -0.4 is 5.32 Å². The minimum atomic E-state index is 0.0279. The van der Waals surface area contributed by atoms with E-state index in [0.29, 0.717) is 0 Å². The van der Waals surface area contributed by atoms with Crippen molar-refractivity contribution in [2.24, 2.45) is 5.41 Å². The molecule has 0 aliphatic carbocycles. The minimum absolute atomic E-state index is 0.0279. The van der Waals surface area contributed by atoms with Crippen molar-refractivity contribution in [2.75, 3.05) is 18.5 Å². The molecule has 0 saturated carbocycles. The van der Waals surface area contributed by atoms with Gasteiger partial charge in [-0.15, -0.1) is 0 Å². The fourth-order valence-corrected chi connectivity index (χ4v) is 1.57. The first-order valence-electron chi connectivity index (χ1n) is 5.29. The third kappa shape index (κ3) is 4.33. The van der Waals surface area contributed by atoms with Gasteiger partial charge >= 0.3 is 0 Å². The third-order valence-corrected chi connectivity index (χ3v) is 2.53. The third-order valence-electron chi connectivity index (χ3n) is 2.36. The van der Waals surface area contributed by atoms with Gasteiger partial charge in [-0.3, -0.25) is 0 Å². The second-order valence-electron chi connectivity index (χ2n) is 4.65. The topological polar surface area (TPSA) is 58.0 Å². The maximum atomic E-state index is 8.91.